The summed E-state index contributed by atoms with van der Waals surface area (Å²) in [7, 11) is 3.12. The molecule has 0 aliphatic heterocycles. The summed E-state index contributed by atoms with van der Waals surface area (Å²) < 4.78 is 14.0. The number of benzene rings is 2. The van der Waals surface area contributed by atoms with E-state index in [1.54, 1.807) is 37.2 Å². The van der Waals surface area contributed by atoms with Crippen LogP contribution < -0.4 is 14.9 Å². The number of hydrogen-bond donors (Lipinski definition) is 1. The molecule has 3 aromatic rings. The zero-order chi connectivity index (χ0) is 20.8. The zero-order valence-electron chi connectivity index (χ0n) is 15.7. The van der Waals surface area contributed by atoms with Crippen LogP contribution in [0.3, 0.4) is 0 Å². The number of halogens is 2. The zero-order valence-corrected chi connectivity index (χ0v) is 18.9. The largest absolute Gasteiger partial charge is 0.493 e. The Morgan fingerprint density at radius 2 is 1.93 bits per heavy atom. The Labute approximate surface area is 185 Å². The van der Waals surface area contributed by atoms with Crippen LogP contribution in [0, 0.1) is 0 Å². The number of carbonyl (C=O) groups is 1. The molecule has 7 nitrogen and oxygen atoms in total. The number of nitrogens with zero attached hydrogens (tertiary/aromatic N) is 3. The Morgan fingerprint density at radius 3 is 2.62 bits per heavy atom. The maximum absolute atomic E-state index is 12.3. The molecule has 0 saturated heterocycles. The lowest BCUT2D eigenvalue weighted by atomic mass is 10.2. The molecule has 3 rings (SSSR count). The molecule has 150 valence electrons. The second-order valence-electron chi connectivity index (χ2n) is 5.96. The molecule has 0 aliphatic carbocycles. The van der Waals surface area contributed by atoms with Crippen molar-refractivity contribution < 1.29 is 14.3 Å². The highest BCUT2D eigenvalue weighted by molar-refractivity contribution is 9.10. The third-order valence-corrected chi connectivity index (χ3v) is 5.08. The van der Waals surface area contributed by atoms with Crippen molar-refractivity contribution in [1.29, 1.82) is 0 Å². The molecule has 1 heterocycles. The van der Waals surface area contributed by atoms with Crippen LogP contribution in [0.5, 0.6) is 11.5 Å². The normalized spacial score (nSPS) is 10.9. The molecule has 1 amide bonds. The summed E-state index contributed by atoms with van der Waals surface area (Å²) in [4.78, 5) is 12.3. The molecule has 0 bridgehead atoms. The number of hydrazone groups is 1. The van der Waals surface area contributed by atoms with E-state index in [0.717, 1.165) is 20.1 Å². The Kier molecular flexibility index (Phi) is 7.05. The lowest BCUT2D eigenvalue weighted by Crippen LogP contribution is -2.18. The Morgan fingerprint density at radius 1 is 1.17 bits per heavy atom. The van der Waals surface area contributed by atoms with Crippen LogP contribution in [0.15, 0.2) is 62.7 Å². The first-order valence-corrected chi connectivity index (χ1v) is 10.1. The van der Waals surface area contributed by atoms with Gasteiger partial charge in [0.05, 0.1) is 31.5 Å². The van der Waals surface area contributed by atoms with E-state index in [0.29, 0.717) is 18.0 Å². The van der Waals surface area contributed by atoms with Crippen LogP contribution in [0.1, 0.15) is 21.6 Å². The van der Waals surface area contributed by atoms with E-state index >= 15 is 0 Å². The van der Waals surface area contributed by atoms with E-state index in [1.807, 2.05) is 30.3 Å². The molecule has 9 heteroatoms. The predicted octanol–water partition coefficient (Wildman–Crippen LogP) is 4.24. The van der Waals surface area contributed by atoms with Crippen LogP contribution in [0.2, 0.25) is 0 Å². The van der Waals surface area contributed by atoms with Crippen molar-refractivity contribution in [2.24, 2.45) is 5.10 Å². The molecule has 0 radical (unpaired) electrons. The maximum Gasteiger partial charge on any atom is 0.291 e. The van der Waals surface area contributed by atoms with Crippen molar-refractivity contribution in [3.8, 4) is 11.5 Å². The van der Waals surface area contributed by atoms with Crippen molar-refractivity contribution in [3.05, 3.63) is 74.4 Å². The van der Waals surface area contributed by atoms with Crippen LogP contribution in [-0.2, 0) is 6.54 Å². The first-order chi connectivity index (χ1) is 14.0. The van der Waals surface area contributed by atoms with Gasteiger partial charge < -0.3 is 9.47 Å². The monoisotopic (exact) mass is 520 g/mol. The number of methoxy groups -OCH3 is 2. The predicted molar refractivity (Wildman–Crippen MR) is 118 cm³/mol. The molecule has 0 aliphatic rings. The van der Waals surface area contributed by atoms with Crippen LogP contribution in [0.25, 0.3) is 0 Å². The first kappa shape index (κ1) is 21.1. The van der Waals surface area contributed by atoms with Crippen molar-refractivity contribution in [2.75, 3.05) is 14.2 Å². The second-order valence-corrected chi connectivity index (χ2v) is 7.73. The third kappa shape index (κ3) is 5.45. The van der Waals surface area contributed by atoms with E-state index in [4.69, 9.17) is 9.47 Å². The average Bonchev–Trinajstić information content (AvgIpc) is 3.18. The Bertz CT molecular complexity index is 1030. The van der Waals surface area contributed by atoms with Gasteiger partial charge in [0.25, 0.3) is 5.91 Å². The Balaban J connectivity index is 1.63. The van der Waals surface area contributed by atoms with Gasteiger partial charge in [-0.1, -0.05) is 28.1 Å². The summed E-state index contributed by atoms with van der Waals surface area (Å²) in [5, 5.41) is 8.29. The van der Waals surface area contributed by atoms with Gasteiger partial charge in [-0.05, 0) is 57.4 Å². The van der Waals surface area contributed by atoms with Gasteiger partial charge in [0.1, 0.15) is 0 Å². The molecule has 0 spiro atoms. The first-order valence-electron chi connectivity index (χ1n) is 8.53. The smallest absolute Gasteiger partial charge is 0.291 e. The second kappa shape index (κ2) is 9.71. The Hall–Kier alpha value is -2.65. The summed E-state index contributed by atoms with van der Waals surface area (Å²) >= 11 is 6.83. The molecule has 1 N–H and O–H groups in total. The highest BCUT2D eigenvalue weighted by atomic mass is 79.9. The highest BCUT2D eigenvalue weighted by Crippen LogP contribution is 2.35. The van der Waals surface area contributed by atoms with Crippen LogP contribution in [0.4, 0.5) is 0 Å². The fourth-order valence-electron chi connectivity index (χ4n) is 2.58. The van der Waals surface area contributed by atoms with Gasteiger partial charge in [-0.25, -0.2) is 5.43 Å². The molecular weight excluding hydrogens is 504 g/mol. The van der Waals surface area contributed by atoms with Crippen molar-refractivity contribution in [2.45, 2.75) is 6.54 Å². The molecule has 1 aromatic heterocycles. The van der Waals surface area contributed by atoms with Crippen LogP contribution in [-0.4, -0.2) is 36.1 Å². The van der Waals surface area contributed by atoms with Crippen molar-refractivity contribution >= 4 is 44.0 Å². The SMILES string of the molecule is COc1cc(C=NNC(=O)c2ccn(Cc3ccc(Br)cc3)n2)cc(Br)c1OC. The quantitative estimate of drug-likeness (QED) is 0.372. The van der Waals surface area contributed by atoms with E-state index in [1.165, 1.54) is 6.21 Å². The summed E-state index contributed by atoms with van der Waals surface area (Å²) in [6, 6.07) is 13.1. The van der Waals surface area contributed by atoms with E-state index in [-0.39, 0.29) is 5.69 Å². The molecular formula is C20H18Br2N4O3. The molecule has 0 fully saturated rings. The van der Waals surface area contributed by atoms with E-state index < -0.39 is 5.91 Å². The van der Waals surface area contributed by atoms with Gasteiger partial charge in [-0.15, -0.1) is 0 Å². The summed E-state index contributed by atoms with van der Waals surface area (Å²) in [5.41, 5.74) is 4.58. The lowest BCUT2D eigenvalue weighted by Gasteiger charge is -2.10. The fourth-order valence-corrected chi connectivity index (χ4v) is 3.47. The number of aromatic nitrogens is 2. The molecule has 29 heavy (non-hydrogen) atoms. The summed E-state index contributed by atoms with van der Waals surface area (Å²) in [5.74, 6) is 0.752. The molecule has 0 unspecified atom stereocenters. The number of amides is 1. The minimum Gasteiger partial charge on any atom is -0.493 e. The summed E-state index contributed by atoms with van der Waals surface area (Å²) in [6.45, 7) is 0.573. The summed E-state index contributed by atoms with van der Waals surface area (Å²) in [6.07, 6.45) is 3.27. The number of carbonyl (C=O) groups excluding carboxylic acids is 1. The lowest BCUT2D eigenvalue weighted by molar-refractivity contribution is 0.0949. The molecule has 2 aromatic carbocycles. The van der Waals surface area contributed by atoms with Gasteiger partial charge in [0.15, 0.2) is 17.2 Å². The highest BCUT2D eigenvalue weighted by Gasteiger charge is 2.11. The van der Waals surface area contributed by atoms with Gasteiger partial charge in [0, 0.05) is 10.7 Å². The fraction of sp³-hybridized carbons (Fsp3) is 0.150. The topological polar surface area (TPSA) is 77.7 Å². The minimum absolute atomic E-state index is 0.285. The van der Waals surface area contributed by atoms with E-state index in [2.05, 4.69) is 47.5 Å². The molecule has 0 atom stereocenters. The van der Waals surface area contributed by atoms with E-state index in [9.17, 15) is 4.79 Å². The van der Waals surface area contributed by atoms with Crippen LogP contribution >= 0.6 is 31.9 Å². The number of nitrogens with one attached hydrogen (secondary N) is 1. The maximum atomic E-state index is 12.3. The van der Waals surface area contributed by atoms with Gasteiger partial charge in [-0.2, -0.15) is 10.2 Å². The number of ether oxygens (including phenoxy) is 2. The van der Waals surface area contributed by atoms with Crippen molar-refractivity contribution in [1.82, 2.24) is 15.2 Å². The van der Waals surface area contributed by atoms with Gasteiger partial charge in [-0.3, -0.25) is 9.48 Å². The molecule has 0 saturated carbocycles. The van der Waals surface area contributed by atoms with Crippen molar-refractivity contribution in [3.63, 3.8) is 0 Å². The van der Waals surface area contributed by atoms with Gasteiger partial charge >= 0.3 is 0 Å². The number of hydrogen-bond acceptors (Lipinski definition) is 5. The van der Waals surface area contributed by atoms with Gasteiger partial charge in [0.2, 0.25) is 0 Å². The standard InChI is InChI=1S/C20H18Br2N4O3/c1-28-18-10-14(9-16(22)19(18)29-2)11-23-24-20(27)17-7-8-26(25-17)12-13-3-5-15(21)6-4-13/h3-11H,12H2,1-2H3,(H,24,27). The number of rotatable bonds is 7. The minimum atomic E-state index is -0.393. The average molecular weight is 522 g/mol. The third-order valence-electron chi connectivity index (χ3n) is 3.97.